The Bertz CT molecular complexity index is 98.4. The summed E-state index contributed by atoms with van der Waals surface area (Å²) < 4.78 is 9.65. The normalized spacial score (nSPS) is 15.4. The fourth-order valence-electron chi connectivity index (χ4n) is 0.639. The average molecular weight is 210 g/mol. The number of aliphatic hydroxyl groups is 2. The van der Waals surface area contributed by atoms with Gasteiger partial charge in [-0.05, 0) is 0 Å². The van der Waals surface area contributed by atoms with Crippen LogP contribution in [0.1, 0.15) is 0 Å². The maximum Gasteiger partial charge on any atom is 0.111 e. The van der Waals surface area contributed by atoms with E-state index in [0.29, 0.717) is 0 Å². The molecule has 0 saturated carbocycles. The van der Waals surface area contributed by atoms with Crippen LogP contribution >= 0.6 is 0 Å². The largest absolute Gasteiger partial charge is 0.394 e. The predicted octanol–water partition coefficient (Wildman–Crippen LogP) is -1.05. The zero-order valence-corrected chi connectivity index (χ0v) is 8.51. The van der Waals surface area contributed by atoms with E-state index in [1.807, 2.05) is 0 Å². The lowest BCUT2D eigenvalue weighted by molar-refractivity contribution is -0.319. The minimum Gasteiger partial charge on any atom is -0.394 e. The molecule has 2 unspecified atom stereocenters. The first kappa shape index (κ1) is 13.8. The zero-order chi connectivity index (χ0) is 10.8. The summed E-state index contributed by atoms with van der Waals surface area (Å²) in [6, 6.07) is 0. The number of hydrogen-bond donors (Lipinski definition) is 2. The van der Waals surface area contributed by atoms with Gasteiger partial charge in [-0.2, -0.15) is 0 Å². The van der Waals surface area contributed by atoms with Gasteiger partial charge in [0.1, 0.15) is 25.4 Å². The van der Waals surface area contributed by atoms with E-state index in [-0.39, 0.29) is 26.4 Å². The summed E-state index contributed by atoms with van der Waals surface area (Å²) in [7, 11) is 2.94. The van der Waals surface area contributed by atoms with Crippen molar-refractivity contribution in [3.63, 3.8) is 0 Å². The van der Waals surface area contributed by atoms with Crippen LogP contribution in [0.5, 0.6) is 0 Å². The third-order valence-electron chi connectivity index (χ3n) is 1.67. The molecule has 0 fully saturated rings. The summed E-state index contributed by atoms with van der Waals surface area (Å²) in [5.41, 5.74) is 0. The van der Waals surface area contributed by atoms with Crippen LogP contribution in [-0.4, -0.2) is 63.1 Å². The van der Waals surface area contributed by atoms with Gasteiger partial charge in [0.2, 0.25) is 0 Å². The number of rotatable bonds is 9. The Labute approximate surface area is 83.3 Å². The van der Waals surface area contributed by atoms with Crippen molar-refractivity contribution in [1.82, 2.24) is 0 Å². The minimum atomic E-state index is -0.398. The van der Waals surface area contributed by atoms with Gasteiger partial charge in [-0.15, -0.1) is 0 Å². The summed E-state index contributed by atoms with van der Waals surface area (Å²) in [5.74, 6) is 0. The molecule has 0 radical (unpaired) electrons. The Morgan fingerprint density at radius 3 is 1.43 bits per heavy atom. The van der Waals surface area contributed by atoms with Crippen LogP contribution in [0.25, 0.3) is 0 Å². The molecule has 2 atom stereocenters. The topological polar surface area (TPSA) is 77.4 Å². The van der Waals surface area contributed by atoms with Crippen LogP contribution < -0.4 is 0 Å². The Hall–Kier alpha value is -0.240. The molecule has 0 aromatic heterocycles. The van der Waals surface area contributed by atoms with Crippen molar-refractivity contribution in [2.75, 3.05) is 40.6 Å². The number of hydrogen-bond acceptors (Lipinski definition) is 6. The lowest BCUT2D eigenvalue weighted by Gasteiger charge is -2.14. The van der Waals surface area contributed by atoms with E-state index in [0.717, 1.165) is 0 Å². The van der Waals surface area contributed by atoms with Crippen LogP contribution in [0.3, 0.4) is 0 Å². The zero-order valence-electron chi connectivity index (χ0n) is 8.51. The first-order valence-electron chi connectivity index (χ1n) is 4.30. The molecule has 0 saturated heterocycles. The van der Waals surface area contributed by atoms with Crippen LogP contribution in [0.15, 0.2) is 0 Å². The van der Waals surface area contributed by atoms with E-state index in [1.165, 1.54) is 14.2 Å². The molecule has 14 heavy (non-hydrogen) atoms. The Balaban J connectivity index is 3.35. The van der Waals surface area contributed by atoms with E-state index in [2.05, 4.69) is 0 Å². The Morgan fingerprint density at radius 1 is 0.857 bits per heavy atom. The van der Waals surface area contributed by atoms with Gasteiger partial charge in [-0.1, -0.05) is 0 Å². The van der Waals surface area contributed by atoms with Crippen LogP contribution in [-0.2, 0) is 19.2 Å². The van der Waals surface area contributed by atoms with Gasteiger partial charge < -0.3 is 19.7 Å². The summed E-state index contributed by atoms with van der Waals surface area (Å²) in [6.07, 6.45) is -0.796. The lowest BCUT2D eigenvalue weighted by atomic mass is 10.4. The van der Waals surface area contributed by atoms with Crippen LogP contribution in [0.2, 0.25) is 0 Å². The molecule has 0 heterocycles. The standard InChI is InChI=1S/C8H18O6/c1-11-7(3-9)5-13-14-6-8(4-10)12-2/h7-10H,3-6H2,1-2H3. The number of aliphatic hydroxyl groups excluding tert-OH is 2. The number of ether oxygens (including phenoxy) is 2. The van der Waals surface area contributed by atoms with Gasteiger partial charge >= 0.3 is 0 Å². The van der Waals surface area contributed by atoms with Gasteiger partial charge in [0.05, 0.1) is 13.2 Å². The molecular formula is C8H18O6. The molecule has 0 aliphatic rings. The molecule has 0 bridgehead atoms. The van der Waals surface area contributed by atoms with Gasteiger partial charge in [0.15, 0.2) is 0 Å². The van der Waals surface area contributed by atoms with Gasteiger partial charge in [0.25, 0.3) is 0 Å². The SMILES string of the molecule is COC(CO)COOCC(CO)OC. The quantitative estimate of drug-likeness (QED) is 0.287. The van der Waals surface area contributed by atoms with Crippen molar-refractivity contribution in [3.05, 3.63) is 0 Å². The molecule has 2 N–H and O–H groups in total. The van der Waals surface area contributed by atoms with Crippen molar-refractivity contribution >= 4 is 0 Å². The molecule has 6 nitrogen and oxygen atoms in total. The maximum atomic E-state index is 8.70. The van der Waals surface area contributed by atoms with E-state index in [4.69, 9.17) is 29.5 Å². The molecule has 0 aliphatic heterocycles. The van der Waals surface area contributed by atoms with Crippen molar-refractivity contribution in [3.8, 4) is 0 Å². The summed E-state index contributed by atoms with van der Waals surface area (Å²) in [4.78, 5) is 9.47. The highest BCUT2D eigenvalue weighted by Crippen LogP contribution is 1.94. The highest BCUT2D eigenvalue weighted by atomic mass is 17.2. The van der Waals surface area contributed by atoms with Crippen molar-refractivity contribution < 1.29 is 29.5 Å². The van der Waals surface area contributed by atoms with E-state index in [1.54, 1.807) is 0 Å². The van der Waals surface area contributed by atoms with Crippen LogP contribution in [0.4, 0.5) is 0 Å². The molecule has 0 aliphatic carbocycles. The van der Waals surface area contributed by atoms with Gasteiger partial charge in [0, 0.05) is 14.2 Å². The lowest BCUT2D eigenvalue weighted by Crippen LogP contribution is -2.26. The maximum absolute atomic E-state index is 8.70. The third kappa shape index (κ3) is 6.25. The second-order valence-electron chi connectivity index (χ2n) is 2.65. The third-order valence-corrected chi connectivity index (χ3v) is 1.67. The highest BCUT2D eigenvalue weighted by Gasteiger charge is 2.08. The van der Waals surface area contributed by atoms with Crippen molar-refractivity contribution in [1.29, 1.82) is 0 Å². The molecule has 0 amide bonds. The highest BCUT2D eigenvalue weighted by molar-refractivity contribution is 4.51. The van der Waals surface area contributed by atoms with Gasteiger partial charge in [-0.25, -0.2) is 9.78 Å². The van der Waals surface area contributed by atoms with E-state index < -0.39 is 12.2 Å². The monoisotopic (exact) mass is 210 g/mol. The molecule has 86 valence electrons. The van der Waals surface area contributed by atoms with Crippen molar-refractivity contribution in [2.45, 2.75) is 12.2 Å². The minimum absolute atomic E-state index is 0.131. The summed E-state index contributed by atoms with van der Waals surface area (Å²) >= 11 is 0. The summed E-state index contributed by atoms with van der Waals surface area (Å²) in [5, 5.41) is 17.4. The summed E-state index contributed by atoms with van der Waals surface area (Å²) in [6.45, 7) is 0.00482. The first-order valence-corrected chi connectivity index (χ1v) is 4.30. The molecule has 0 aromatic carbocycles. The predicted molar refractivity (Wildman–Crippen MR) is 47.7 cm³/mol. The molecule has 6 heteroatoms. The van der Waals surface area contributed by atoms with Gasteiger partial charge in [-0.3, -0.25) is 0 Å². The molecule has 0 spiro atoms. The number of methoxy groups -OCH3 is 2. The fraction of sp³-hybridized carbons (Fsp3) is 1.00. The average Bonchev–Trinajstić information content (AvgIpc) is 2.24. The molecule has 0 rings (SSSR count). The van der Waals surface area contributed by atoms with Crippen molar-refractivity contribution in [2.24, 2.45) is 0 Å². The first-order chi connectivity index (χ1) is 6.78. The Morgan fingerprint density at radius 2 is 1.21 bits per heavy atom. The second kappa shape index (κ2) is 9.32. The van der Waals surface area contributed by atoms with E-state index >= 15 is 0 Å². The van der Waals surface area contributed by atoms with Crippen LogP contribution in [0, 0.1) is 0 Å². The second-order valence-corrected chi connectivity index (χ2v) is 2.65. The molecular weight excluding hydrogens is 192 g/mol. The fourth-order valence-corrected chi connectivity index (χ4v) is 0.639. The molecule has 0 aromatic rings. The Kier molecular flexibility index (Phi) is 9.16. The van der Waals surface area contributed by atoms with E-state index in [9.17, 15) is 0 Å². The smallest absolute Gasteiger partial charge is 0.111 e.